The molecule has 0 aliphatic rings. The fraction of sp³-hybridized carbons (Fsp3) is 0.700. The summed E-state index contributed by atoms with van der Waals surface area (Å²) >= 11 is 0. The first kappa shape index (κ1) is 30.4. The van der Waals surface area contributed by atoms with Crippen LogP contribution in [-0.4, -0.2) is 12.6 Å². The molecule has 0 radical (unpaired) electrons. The first-order valence-corrected chi connectivity index (χ1v) is 13.6. The normalized spacial score (nSPS) is 12.2. The van der Waals surface area contributed by atoms with E-state index < -0.39 is 0 Å². The molecule has 0 saturated carbocycles. The van der Waals surface area contributed by atoms with E-state index in [2.05, 4.69) is 62.5 Å². The van der Waals surface area contributed by atoms with E-state index in [1.54, 1.807) is 0 Å². The minimum Gasteiger partial charge on any atom is -0.466 e. The van der Waals surface area contributed by atoms with Crippen LogP contribution in [0, 0.1) is 0 Å². The molecular weight excluding hydrogens is 392 g/mol. The molecule has 2 heteroatoms. The second-order valence-corrected chi connectivity index (χ2v) is 8.68. The number of hydrogen-bond donors (Lipinski definition) is 0. The third-order valence-corrected chi connectivity index (χ3v) is 5.45. The molecule has 0 atom stereocenters. The van der Waals surface area contributed by atoms with Gasteiger partial charge in [-0.05, 0) is 64.2 Å². The van der Waals surface area contributed by atoms with Gasteiger partial charge in [-0.25, -0.2) is 0 Å². The van der Waals surface area contributed by atoms with Gasteiger partial charge in [0.25, 0.3) is 0 Å². The van der Waals surface area contributed by atoms with E-state index in [-0.39, 0.29) is 5.97 Å². The number of hydrogen-bond acceptors (Lipinski definition) is 2. The van der Waals surface area contributed by atoms with Gasteiger partial charge >= 0.3 is 5.97 Å². The summed E-state index contributed by atoms with van der Waals surface area (Å²) in [5, 5.41) is 0. The number of carbonyl (C=O) groups excluding carboxylic acids is 1. The highest BCUT2D eigenvalue weighted by Gasteiger charge is 2.01. The standard InChI is InChI=1S/C30H52O2/c1-3-5-7-9-11-13-15-16-17-19-21-23-25-27-29-32-30(31)28-26-24-22-20-18-14-12-10-8-6-4-2/h9,11,14,16-18,20,22H,3-8,10,12-13,15,19,21,23-29H2,1-2H3/b11-9+,17-16-,18-14+,22-20-. The molecule has 0 fully saturated rings. The van der Waals surface area contributed by atoms with Crippen LogP contribution in [0.1, 0.15) is 129 Å². The van der Waals surface area contributed by atoms with Crippen molar-refractivity contribution in [1.29, 1.82) is 0 Å². The van der Waals surface area contributed by atoms with Crippen LogP contribution in [0.15, 0.2) is 48.6 Å². The van der Waals surface area contributed by atoms with Crippen molar-refractivity contribution in [3.05, 3.63) is 48.6 Å². The predicted octanol–water partition coefficient (Wildman–Crippen LogP) is 9.82. The zero-order valence-electron chi connectivity index (χ0n) is 21.4. The molecule has 0 heterocycles. The Bertz CT molecular complexity index is 499. The number of carbonyl (C=O) groups is 1. The minimum absolute atomic E-state index is 0.0449. The van der Waals surface area contributed by atoms with E-state index in [0.29, 0.717) is 13.0 Å². The summed E-state index contributed by atoms with van der Waals surface area (Å²) in [5.41, 5.74) is 0. The van der Waals surface area contributed by atoms with Gasteiger partial charge in [0.2, 0.25) is 0 Å². The summed E-state index contributed by atoms with van der Waals surface area (Å²) < 4.78 is 5.34. The van der Waals surface area contributed by atoms with E-state index in [0.717, 1.165) is 38.5 Å². The first-order chi connectivity index (χ1) is 15.8. The quantitative estimate of drug-likeness (QED) is 0.0678. The van der Waals surface area contributed by atoms with Crippen LogP contribution in [0.3, 0.4) is 0 Å². The highest BCUT2D eigenvalue weighted by Crippen LogP contribution is 2.07. The minimum atomic E-state index is -0.0449. The molecule has 0 aromatic rings. The highest BCUT2D eigenvalue weighted by atomic mass is 16.5. The molecule has 0 aliphatic heterocycles. The summed E-state index contributed by atoms with van der Waals surface area (Å²) in [4.78, 5) is 11.8. The maximum absolute atomic E-state index is 11.8. The third kappa shape index (κ3) is 26.5. The van der Waals surface area contributed by atoms with E-state index in [4.69, 9.17) is 4.74 Å². The van der Waals surface area contributed by atoms with Crippen LogP contribution in [0.25, 0.3) is 0 Å². The Morgan fingerprint density at radius 3 is 1.69 bits per heavy atom. The lowest BCUT2D eigenvalue weighted by Crippen LogP contribution is -2.05. The van der Waals surface area contributed by atoms with Gasteiger partial charge in [0.1, 0.15) is 0 Å². The lowest BCUT2D eigenvalue weighted by Gasteiger charge is -2.04. The van der Waals surface area contributed by atoms with Crippen LogP contribution in [0.4, 0.5) is 0 Å². The van der Waals surface area contributed by atoms with Gasteiger partial charge in [-0.2, -0.15) is 0 Å². The summed E-state index contributed by atoms with van der Waals surface area (Å²) in [7, 11) is 0. The SMILES string of the molecule is CCCC/C=C/CC/C=C\CCCCCCOC(=O)CCC/C=C\C=C\CCCCCC. The number of allylic oxidation sites excluding steroid dienone is 8. The third-order valence-electron chi connectivity index (χ3n) is 5.45. The molecular formula is C30H52O2. The second-order valence-electron chi connectivity index (χ2n) is 8.68. The maximum atomic E-state index is 11.8. The van der Waals surface area contributed by atoms with Gasteiger partial charge in [0.05, 0.1) is 6.61 Å². The predicted molar refractivity (Wildman–Crippen MR) is 142 cm³/mol. The lowest BCUT2D eigenvalue weighted by atomic mass is 10.1. The Labute approximate surface area is 200 Å². The molecule has 184 valence electrons. The van der Waals surface area contributed by atoms with Gasteiger partial charge in [0, 0.05) is 6.42 Å². The summed E-state index contributed by atoms with van der Waals surface area (Å²) in [6.07, 6.45) is 38.5. The molecule has 0 spiro atoms. The highest BCUT2D eigenvalue weighted by molar-refractivity contribution is 5.69. The van der Waals surface area contributed by atoms with Crippen LogP contribution in [-0.2, 0) is 9.53 Å². The molecule has 0 saturated heterocycles. The fourth-order valence-corrected chi connectivity index (χ4v) is 3.36. The van der Waals surface area contributed by atoms with Crippen molar-refractivity contribution in [3.8, 4) is 0 Å². The molecule has 0 amide bonds. The van der Waals surface area contributed by atoms with Gasteiger partial charge in [-0.1, -0.05) is 107 Å². The number of rotatable bonds is 23. The van der Waals surface area contributed by atoms with Gasteiger partial charge < -0.3 is 4.74 Å². The number of ether oxygens (including phenoxy) is 1. The number of unbranched alkanes of at least 4 members (excludes halogenated alkanes) is 12. The summed E-state index contributed by atoms with van der Waals surface area (Å²) in [6.45, 7) is 5.06. The van der Waals surface area contributed by atoms with Crippen LogP contribution < -0.4 is 0 Å². The molecule has 0 aliphatic carbocycles. The smallest absolute Gasteiger partial charge is 0.305 e. The van der Waals surface area contributed by atoms with Crippen molar-refractivity contribution in [2.45, 2.75) is 129 Å². The summed E-state index contributed by atoms with van der Waals surface area (Å²) in [6, 6.07) is 0. The maximum Gasteiger partial charge on any atom is 0.305 e. The van der Waals surface area contributed by atoms with Gasteiger partial charge in [-0.15, -0.1) is 0 Å². The van der Waals surface area contributed by atoms with E-state index in [9.17, 15) is 4.79 Å². The van der Waals surface area contributed by atoms with Crippen molar-refractivity contribution in [2.24, 2.45) is 0 Å². The Hall–Kier alpha value is -1.57. The molecule has 0 rings (SSSR count). The Morgan fingerprint density at radius 2 is 1.03 bits per heavy atom. The Balaban J connectivity index is 3.36. The number of esters is 1. The van der Waals surface area contributed by atoms with Crippen molar-refractivity contribution >= 4 is 5.97 Å². The van der Waals surface area contributed by atoms with E-state index in [1.807, 2.05) is 0 Å². The summed E-state index contributed by atoms with van der Waals surface area (Å²) in [5.74, 6) is -0.0449. The van der Waals surface area contributed by atoms with Crippen LogP contribution >= 0.6 is 0 Å². The average Bonchev–Trinajstić information content (AvgIpc) is 2.80. The molecule has 0 aromatic heterocycles. The molecule has 0 N–H and O–H groups in total. The molecule has 0 bridgehead atoms. The van der Waals surface area contributed by atoms with Crippen LogP contribution in [0.5, 0.6) is 0 Å². The largest absolute Gasteiger partial charge is 0.466 e. The van der Waals surface area contributed by atoms with Crippen LogP contribution in [0.2, 0.25) is 0 Å². The van der Waals surface area contributed by atoms with E-state index in [1.165, 1.54) is 70.6 Å². The lowest BCUT2D eigenvalue weighted by molar-refractivity contribution is -0.143. The monoisotopic (exact) mass is 444 g/mol. The Morgan fingerprint density at radius 1 is 0.531 bits per heavy atom. The van der Waals surface area contributed by atoms with Gasteiger partial charge in [-0.3, -0.25) is 4.79 Å². The fourth-order valence-electron chi connectivity index (χ4n) is 3.36. The van der Waals surface area contributed by atoms with E-state index >= 15 is 0 Å². The molecule has 0 unspecified atom stereocenters. The molecule has 32 heavy (non-hydrogen) atoms. The average molecular weight is 445 g/mol. The van der Waals surface area contributed by atoms with Crippen molar-refractivity contribution < 1.29 is 9.53 Å². The molecule has 2 nitrogen and oxygen atoms in total. The zero-order valence-corrected chi connectivity index (χ0v) is 21.4. The van der Waals surface area contributed by atoms with Crippen molar-refractivity contribution in [1.82, 2.24) is 0 Å². The second kappa shape index (κ2) is 27.5. The van der Waals surface area contributed by atoms with Gasteiger partial charge in [0.15, 0.2) is 0 Å². The first-order valence-electron chi connectivity index (χ1n) is 13.6. The Kier molecular flexibility index (Phi) is 26.1. The topological polar surface area (TPSA) is 26.3 Å². The zero-order chi connectivity index (χ0) is 23.4. The van der Waals surface area contributed by atoms with Crippen molar-refractivity contribution in [2.75, 3.05) is 6.61 Å². The molecule has 0 aromatic carbocycles. The van der Waals surface area contributed by atoms with Crippen molar-refractivity contribution in [3.63, 3.8) is 0 Å².